The summed E-state index contributed by atoms with van der Waals surface area (Å²) in [7, 11) is 3.97. The van der Waals surface area contributed by atoms with Crippen molar-refractivity contribution in [3.8, 4) is 0 Å². The molecule has 0 amide bonds. The standard InChI is InChI=1S/C14H23BrN4O/c1-18(2)7-8-19-14(20)13(15)12(10-17-19)16-9-11-5-3-4-6-11/h10-11,16H,3-9H2,1-2H3. The lowest BCUT2D eigenvalue weighted by Crippen LogP contribution is -2.29. The van der Waals surface area contributed by atoms with E-state index in [4.69, 9.17) is 0 Å². The SMILES string of the molecule is CN(C)CCn1ncc(NCC2CCCC2)c(Br)c1=O. The Morgan fingerprint density at radius 2 is 2.15 bits per heavy atom. The number of likely N-dealkylation sites (N-methyl/N-ethyl adjacent to an activating group) is 1. The molecule has 20 heavy (non-hydrogen) atoms. The van der Waals surface area contributed by atoms with Gasteiger partial charge in [0, 0.05) is 13.1 Å². The predicted octanol–water partition coefficient (Wildman–Crippen LogP) is 2.17. The molecule has 1 aliphatic carbocycles. The lowest BCUT2D eigenvalue weighted by molar-refractivity contribution is 0.367. The fraction of sp³-hybridized carbons (Fsp3) is 0.714. The van der Waals surface area contributed by atoms with Crippen LogP contribution in [0.3, 0.4) is 0 Å². The van der Waals surface area contributed by atoms with Crippen LogP contribution in [0.15, 0.2) is 15.5 Å². The molecule has 112 valence electrons. The Kier molecular flexibility index (Phi) is 5.60. The van der Waals surface area contributed by atoms with Crippen molar-refractivity contribution in [3.05, 3.63) is 21.0 Å². The molecular formula is C14H23BrN4O. The summed E-state index contributed by atoms with van der Waals surface area (Å²) in [6.07, 6.45) is 6.99. The van der Waals surface area contributed by atoms with E-state index in [1.54, 1.807) is 6.20 Å². The van der Waals surface area contributed by atoms with Crippen molar-refractivity contribution >= 4 is 21.6 Å². The second kappa shape index (κ2) is 7.22. The van der Waals surface area contributed by atoms with E-state index in [0.29, 0.717) is 11.0 Å². The molecule has 5 nitrogen and oxygen atoms in total. The lowest BCUT2D eigenvalue weighted by atomic mass is 10.1. The second-order valence-electron chi connectivity index (χ2n) is 5.74. The van der Waals surface area contributed by atoms with E-state index in [-0.39, 0.29) is 5.56 Å². The van der Waals surface area contributed by atoms with Crippen LogP contribution in [0.5, 0.6) is 0 Å². The highest BCUT2D eigenvalue weighted by Gasteiger charge is 2.16. The van der Waals surface area contributed by atoms with E-state index in [1.807, 2.05) is 19.0 Å². The van der Waals surface area contributed by atoms with Crippen LogP contribution in [0.2, 0.25) is 0 Å². The molecule has 0 radical (unpaired) electrons. The van der Waals surface area contributed by atoms with E-state index in [0.717, 1.165) is 24.7 Å². The molecule has 1 heterocycles. The minimum Gasteiger partial charge on any atom is -0.382 e. The summed E-state index contributed by atoms with van der Waals surface area (Å²) >= 11 is 3.40. The lowest BCUT2D eigenvalue weighted by Gasteiger charge is -2.14. The van der Waals surface area contributed by atoms with Crippen LogP contribution in [-0.2, 0) is 6.54 Å². The van der Waals surface area contributed by atoms with Crippen LogP contribution in [0.4, 0.5) is 5.69 Å². The Hall–Kier alpha value is -0.880. The quantitative estimate of drug-likeness (QED) is 0.860. The average molecular weight is 343 g/mol. The first kappa shape index (κ1) is 15.5. The number of hydrogen-bond acceptors (Lipinski definition) is 4. The van der Waals surface area contributed by atoms with Gasteiger partial charge in [0.15, 0.2) is 0 Å². The van der Waals surface area contributed by atoms with Gasteiger partial charge in [-0.2, -0.15) is 5.10 Å². The van der Waals surface area contributed by atoms with Crippen molar-refractivity contribution in [2.75, 3.05) is 32.5 Å². The maximum Gasteiger partial charge on any atom is 0.283 e. The summed E-state index contributed by atoms with van der Waals surface area (Å²) in [5.74, 6) is 0.734. The number of hydrogen-bond donors (Lipinski definition) is 1. The van der Waals surface area contributed by atoms with Crippen molar-refractivity contribution in [1.82, 2.24) is 14.7 Å². The maximum atomic E-state index is 12.2. The van der Waals surface area contributed by atoms with E-state index in [2.05, 4.69) is 26.3 Å². The number of rotatable bonds is 6. The number of halogens is 1. The third-order valence-electron chi connectivity index (χ3n) is 3.80. The van der Waals surface area contributed by atoms with Gasteiger partial charge in [0.05, 0.1) is 18.4 Å². The predicted molar refractivity (Wildman–Crippen MR) is 85.2 cm³/mol. The zero-order chi connectivity index (χ0) is 14.5. The van der Waals surface area contributed by atoms with Gasteiger partial charge in [0.2, 0.25) is 0 Å². The van der Waals surface area contributed by atoms with Gasteiger partial charge in [0.25, 0.3) is 5.56 Å². The number of aromatic nitrogens is 2. The molecule has 6 heteroatoms. The third kappa shape index (κ3) is 4.06. The Morgan fingerprint density at radius 1 is 1.45 bits per heavy atom. The van der Waals surface area contributed by atoms with Crippen LogP contribution in [0.1, 0.15) is 25.7 Å². The van der Waals surface area contributed by atoms with Crippen LogP contribution < -0.4 is 10.9 Å². The zero-order valence-electron chi connectivity index (χ0n) is 12.2. The molecule has 0 spiro atoms. The van der Waals surface area contributed by atoms with Crippen molar-refractivity contribution in [2.24, 2.45) is 5.92 Å². The molecule has 1 aromatic rings. The van der Waals surface area contributed by atoms with Crippen molar-refractivity contribution in [3.63, 3.8) is 0 Å². The first-order valence-electron chi connectivity index (χ1n) is 7.22. The molecule has 0 bridgehead atoms. The monoisotopic (exact) mass is 342 g/mol. The van der Waals surface area contributed by atoms with Crippen LogP contribution in [-0.4, -0.2) is 41.9 Å². The molecule has 0 atom stereocenters. The molecule has 1 fully saturated rings. The molecule has 1 aromatic heterocycles. The minimum atomic E-state index is -0.0664. The molecular weight excluding hydrogens is 320 g/mol. The Bertz CT molecular complexity index is 494. The molecule has 0 aromatic carbocycles. The fourth-order valence-electron chi connectivity index (χ4n) is 2.51. The highest BCUT2D eigenvalue weighted by atomic mass is 79.9. The summed E-state index contributed by atoms with van der Waals surface area (Å²) < 4.78 is 2.09. The summed E-state index contributed by atoms with van der Waals surface area (Å²) in [6.45, 7) is 2.34. The largest absolute Gasteiger partial charge is 0.382 e. The first-order chi connectivity index (χ1) is 9.58. The van der Waals surface area contributed by atoms with Crippen LogP contribution in [0.25, 0.3) is 0 Å². The molecule has 2 rings (SSSR count). The fourth-order valence-corrected chi connectivity index (χ4v) is 2.96. The highest BCUT2D eigenvalue weighted by Crippen LogP contribution is 2.25. The van der Waals surface area contributed by atoms with Gasteiger partial charge >= 0.3 is 0 Å². The Labute approximate surface area is 128 Å². The van der Waals surface area contributed by atoms with Crippen LogP contribution >= 0.6 is 15.9 Å². The van der Waals surface area contributed by atoms with Gasteiger partial charge in [-0.25, -0.2) is 4.68 Å². The summed E-state index contributed by atoms with van der Waals surface area (Å²) in [5, 5.41) is 7.60. The molecule has 1 N–H and O–H groups in total. The summed E-state index contributed by atoms with van der Waals surface area (Å²) in [5.41, 5.74) is 0.742. The van der Waals surface area contributed by atoms with Gasteiger partial charge in [-0.05, 0) is 48.8 Å². The van der Waals surface area contributed by atoms with Gasteiger partial charge in [-0.15, -0.1) is 0 Å². The summed E-state index contributed by atoms with van der Waals surface area (Å²) in [6, 6.07) is 0. The number of nitrogens with one attached hydrogen (secondary N) is 1. The zero-order valence-corrected chi connectivity index (χ0v) is 13.8. The third-order valence-corrected chi connectivity index (χ3v) is 4.57. The highest BCUT2D eigenvalue weighted by molar-refractivity contribution is 9.10. The van der Waals surface area contributed by atoms with Gasteiger partial charge in [0.1, 0.15) is 4.47 Å². The van der Waals surface area contributed by atoms with Gasteiger partial charge < -0.3 is 10.2 Å². The van der Waals surface area contributed by atoms with Crippen LogP contribution in [0, 0.1) is 5.92 Å². The van der Waals surface area contributed by atoms with E-state index < -0.39 is 0 Å². The number of anilines is 1. The molecule has 0 unspecified atom stereocenters. The topological polar surface area (TPSA) is 50.2 Å². The molecule has 1 aliphatic rings. The molecule has 1 saturated carbocycles. The Balaban J connectivity index is 2.00. The van der Waals surface area contributed by atoms with Crippen molar-refractivity contribution in [2.45, 2.75) is 32.2 Å². The first-order valence-corrected chi connectivity index (χ1v) is 8.01. The molecule has 0 saturated heterocycles. The van der Waals surface area contributed by atoms with Crippen molar-refractivity contribution < 1.29 is 0 Å². The summed E-state index contributed by atoms with van der Waals surface area (Å²) in [4.78, 5) is 14.2. The van der Waals surface area contributed by atoms with E-state index in [9.17, 15) is 4.79 Å². The van der Waals surface area contributed by atoms with Gasteiger partial charge in [-0.1, -0.05) is 12.8 Å². The smallest absolute Gasteiger partial charge is 0.283 e. The Morgan fingerprint density at radius 3 is 2.80 bits per heavy atom. The van der Waals surface area contributed by atoms with Crippen molar-refractivity contribution in [1.29, 1.82) is 0 Å². The second-order valence-corrected chi connectivity index (χ2v) is 6.53. The maximum absolute atomic E-state index is 12.2. The average Bonchev–Trinajstić information content (AvgIpc) is 2.92. The minimum absolute atomic E-state index is 0.0664. The van der Waals surface area contributed by atoms with E-state index in [1.165, 1.54) is 30.4 Å². The van der Waals surface area contributed by atoms with Gasteiger partial charge in [-0.3, -0.25) is 4.79 Å². The van der Waals surface area contributed by atoms with E-state index >= 15 is 0 Å². The number of nitrogens with zero attached hydrogens (tertiary/aromatic N) is 3. The molecule has 0 aliphatic heterocycles. The normalized spacial score (nSPS) is 16.0.